The average molecular weight is 357 g/mol. The zero-order valence-corrected chi connectivity index (χ0v) is 14.2. The Morgan fingerprint density at radius 3 is 2.71 bits per heavy atom. The minimum absolute atomic E-state index is 0.0212. The predicted molar refractivity (Wildman–Crippen MR) is 93.0 cm³/mol. The van der Waals surface area contributed by atoms with Crippen molar-refractivity contribution in [1.82, 2.24) is 10.7 Å². The van der Waals surface area contributed by atoms with Crippen molar-refractivity contribution in [3.63, 3.8) is 0 Å². The smallest absolute Gasteiger partial charge is 0.387 e. The maximum atomic E-state index is 12.3. The van der Waals surface area contributed by atoms with E-state index < -0.39 is 6.61 Å². The molecule has 0 spiro atoms. The molecule has 2 N–H and O–H groups in total. The molecule has 1 saturated carbocycles. The molecule has 0 radical (unpaired) electrons. The van der Waals surface area contributed by atoms with Gasteiger partial charge in [0.15, 0.2) is 16.6 Å². The van der Waals surface area contributed by atoms with Gasteiger partial charge >= 0.3 is 6.61 Å². The quantitative estimate of drug-likeness (QED) is 0.464. The summed E-state index contributed by atoms with van der Waals surface area (Å²) in [5.41, 5.74) is 3.43. The highest BCUT2D eigenvalue weighted by Crippen LogP contribution is 2.28. The van der Waals surface area contributed by atoms with E-state index >= 15 is 0 Å². The van der Waals surface area contributed by atoms with Crippen LogP contribution in [0.15, 0.2) is 23.3 Å². The lowest BCUT2D eigenvalue weighted by Gasteiger charge is -2.23. The number of hydrazone groups is 1. The summed E-state index contributed by atoms with van der Waals surface area (Å²) >= 11 is 5.20. The van der Waals surface area contributed by atoms with Crippen LogP contribution in [-0.2, 0) is 0 Å². The second-order valence-electron chi connectivity index (χ2n) is 5.47. The number of nitrogens with zero attached hydrogens (tertiary/aromatic N) is 1. The Hall–Kier alpha value is -1.96. The molecule has 1 aromatic carbocycles. The molecule has 8 heteroatoms. The highest BCUT2D eigenvalue weighted by atomic mass is 32.1. The summed E-state index contributed by atoms with van der Waals surface area (Å²) in [6.07, 6.45) is 7.49. The van der Waals surface area contributed by atoms with Crippen LogP contribution >= 0.6 is 12.2 Å². The van der Waals surface area contributed by atoms with Crippen LogP contribution in [0.2, 0.25) is 0 Å². The van der Waals surface area contributed by atoms with Crippen molar-refractivity contribution >= 4 is 23.5 Å². The molecular weight excluding hydrogens is 336 g/mol. The van der Waals surface area contributed by atoms with Crippen molar-refractivity contribution in [2.24, 2.45) is 5.10 Å². The van der Waals surface area contributed by atoms with Crippen LogP contribution in [0, 0.1) is 0 Å². The van der Waals surface area contributed by atoms with Crippen LogP contribution in [0.25, 0.3) is 0 Å². The van der Waals surface area contributed by atoms with Crippen molar-refractivity contribution in [3.05, 3.63) is 23.8 Å². The van der Waals surface area contributed by atoms with E-state index in [4.69, 9.17) is 17.0 Å². The van der Waals surface area contributed by atoms with Gasteiger partial charge in [0, 0.05) is 6.04 Å². The summed E-state index contributed by atoms with van der Waals surface area (Å²) in [6, 6.07) is 4.97. The third-order valence-corrected chi connectivity index (χ3v) is 3.93. The zero-order chi connectivity index (χ0) is 17.4. The monoisotopic (exact) mass is 357 g/mol. The SMILES string of the molecule is COc1cc(/C=N\NC(=S)NC2CCCCC2)ccc1OC(F)F. The third kappa shape index (κ3) is 5.92. The predicted octanol–water partition coefficient (Wildman–Crippen LogP) is 3.43. The van der Waals surface area contributed by atoms with E-state index in [2.05, 4.69) is 20.6 Å². The van der Waals surface area contributed by atoms with Gasteiger partial charge in [-0.25, -0.2) is 0 Å². The molecule has 1 aliphatic rings. The lowest BCUT2D eigenvalue weighted by atomic mass is 9.96. The molecule has 0 bridgehead atoms. The van der Waals surface area contributed by atoms with Crippen LogP contribution in [0.4, 0.5) is 8.78 Å². The van der Waals surface area contributed by atoms with Gasteiger partial charge < -0.3 is 14.8 Å². The second-order valence-corrected chi connectivity index (χ2v) is 5.88. The maximum Gasteiger partial charge on any atom is 0.387 e. The number of hydrogen-bond acceptors (Lipinski definition) is 4. The van der Waals surface area contributed by atoms with Crippen LogP contribution < -0.4 is 20.2 Å². The van der Waals surface area contributed by atoms with Crippen molar-refractivity contribution < 1.29 is 18.3 Å². The molecule has 132 valence electrons. The minimum atomic E-state index is -2.90. The lowest BCUT2D eigenvalue weighted by Crippen LogP contribution is -2.40. The number of alkyl halides is 2. The number of ether oxygens (including phenoxy) is 2. The van der Waals surface area contributed by atoms with E-state index in [0.717, 1.165) is 12.8 Å². The number of methoxy groups -OCH3 is 1. The summed E-state index contributed by atoms with van der Waals surface area (Å²) in [6.45, 7) is -2.90. The van der Waals surface area contributed by atoms with Gasteiger partial charge in [-0.1, -0.05) is 19.3 Å². The van der Waals surface area contributed by atoms with Gasteiger partial charge in [0.2, 0.25) is 0 Å². The van der Waals surface area contributed by atoms with Crippen molar-refractivity contribution in [3.8, 4) is 11.5 Å². The highest BCUT2D eigenvalue weighted by molar-refractivity contribution is 7.80. The lowest BCUT2D eigenvalue weighted by molar-refractivity contribution is -0.0512. The van der Waals surface area contributed by atoms with Gasteiger partial charge in [-0.05, 0) is 48.8 Å². The van der Waals surface area contributed by atoms with E-state index in [1.807, 2.05) is 0 Å². The Labute approximate surface area is 145 Å². The second kappa shape index (κ2) is 9.36. The molecular formula is C16H21F2N3O2S. The van der Waals surface area contributed by atoms with E-state index in [1.165, 1.54) is 38.7 Å². The fourth-order valence-corrected chi connectivity index (χ4v) is 2.81. The molecule has 0 aliphatic heterocycles. The molecule has 0 saturated heterocycles. The zero-order valence-electron chi connectivity index (χ0n) is 13.4. The van der Waals surface area contributed by atoms with Crippen LogP contribution in [0.1, 0.15) is 37.7 Å². The minimum Gasteiger partial charge on any atom is -0.493 e. The Balaban J connectivity index is 1.87. The van der Waals surface area contributed by atoms with Gasteiger partial charge in [-0.3, -0.25) is 5.43 Å². The number of rotatable bonds is 6. The summed E-state index contributed by atoms with van der Waals surface area (Å²) < 4.78 is 34.0. The molecule has 0 unspecified atom stereocenters. The molecule has 0 aromatic heterocycles. The first kappa shape index (κ1) is 18.4. The van der Waals surface area contributed by atoms with Gasteiger partial charge in [-0.15, -0.1) is 0 Å². The van der Waals surface area contributed by atoms with Crippen LogP contribution in [0.5, 0.6) is 11.5 Å². The number of halogens is 2. The summed E-state index contributed by atoms with van der Waals surface area (Å²) in [5.74, 6) is 0.189. The molecule has 1 aliphatic carbocycles. The molecule has 2 rings (SSSR count). The summed E-state index contributed by atoms with van der Waals surface area (Å²) in [7, 11) is 1.38. The molecule has 0 atom stereocenters. The van der Waals surface area contributed by atoms with Gasteiger partial charge in [0.05, 0.1) is 13.3 Å². The van der Waals surface area contributed by atoms with E-state index in [-0.39, 0.29) is 11.5 Å². The Morgan fingerprint density at radius 2 is 2.04 bits per heavy atom. The molecule has 0 amide bonds. The Morgan fingerprint density at radius 1 is 1.29 bits per heavy atom. The summed E-state index contributed by atoms with van der Waals surface area (Å²) in [4.78, 5) is 0. The summed E-state index contributed by atoms with van der Waals surface area (Å²) in [5, 5.41) is 7.76. The third-order valence-electron chi connectivity index (χ3n) is 3.72. The molecule has 24 heavy (non-hydrogen) atoms. The first-order chi connectivity index (χ1) is 11.6. The van der Waals surface area contributed by atoms with E-state index in [1.54, 1.807) is 12.1 Å². The topological polar surface area (TPSA) is 54.9 Å². The Kier molecular flexibility index (Phi) is 7.17. The number of nitrogens with one attached hydrogen (secondary N) is 2. The molecule has 0 heterocycles. The largest absolute Gasteiger partial charge is 0.493 e. The van der Waals surface area contributed by atoms with Crippen molar-refractivity contribution in [1.29, 1.82) is 0 Å². The molecule has 1 aromatic rings. The van der Waals surface area contributed by atoms with E-state index in [0.29, 0.717) is 16.7 Å². The molecule has 1 fully saturated rings. The van der Waals surface area contributed by atoms with Crippen LogP contribution in [0.3, 0.4) is 0 Å². The Bertz CT molecular complexity index is 578. The number of thiocarbonyl (C=S) groups is 1. The van der Waals surface area contributed by atoms with E-state index in [9.17, 15) is 8.78 Å². The van der Waals surface area contributed by atoms with Crippen molar-refractivity contribution in [2.45, 2.75) is 44.8 Å². The van der Waals surface area contributed by atoms with Gasteiger partial charge in [0.1, 0.15) is 0 Å². The highest BCUT2D eigenvalue weighted by Gasteiger charge is 2.13. The first-order valence-electron chi connectivity index (χ1n) is 7.81. The van der Waals surface area contributed by atoms with Crippen molar-refractivity contribution in [2.75, 3.05) is 7.11 Å². The number of hydrogen-bond donors (Lipinski definition) is 2. The van der Waals surface area contributed by atoms with Crippen LogP contribution in [-0.4, -0.2) is 31.1 Å². The maximum absolute atomic E-state index is 12.3. The van der Waals surface area contributed by atoms with Gasteiger partial charge in [-0.2, -0.15) is 13.9 Å². The normalized spacial score (nSPS) is 15.5. The standard InChI is InChI=1S/C16H21F2N3O2S/c1-22-14-9-11(7-8-13(14)23-15(17)18)10-19-21-16(24)20-12-5-3-2-4-6-12/h7-10,12,15H,2-6H2,1H3,(H2,20,21,24)/b19-10-. The number of benzene rings is 1. The fraction of sp³-hybridized carbons (Fsp3) is 0.500. The first-order valence-corrected chi connectivity index (χ1v) is 8.21. The van der Waals surface area contributed by atoms with Gasteiger partial charge in [0.25, 0.3) is 0 Å². The molecule has 5 nitrogen and oxygen atoms in total. The fourth-order valence-electron chi connectivity index (χ4n) is 2.59. The average Bonchev–Trinajstić information content (AvgIpc) is 2.56.